The Bertz CT molecular complexity index is 782. The van der Waals surface area contributed by atoms with Crippen LogP contribution in [0, 0.1) is 0 Å². The van der Waals surface area contributed by atoms with Gasteiger partial charge in [-0.2, -0.15) is 5.10 Å². The molecule has 6 heteroatoms. The summed E-state index contributed by atoms with van der Waals surface area (Å²) in [4.78, 5) is 24.3. The Labute approximate surface area is 150 Å². The number of carboxylic acids is 1. The molecule has 0 saturated carbocycles. The molecule has 0 bridgehead atoms. The summed E-state index contributed by atoms with van der Waals surface area (Å²) in [6.07, 6.45) is 1.40. The van der Waals surface area contributed by atoms with Crippen LogP contribution in [0.25, 0.3) is 0 Å². The lowest BCUT2D eigenvalue weighted by atomic mass is 10.0. The number of carbonyl (C=O) groups excluding carboxylic acids is 1. The fourth-order valence-electron chi connectivity index (χ4n) is 2.88. The van der Waals surface area contributed by atoms with Crippen LogP contribution in [-0.2, 0) is 16.0 Å². The normalized spacial score (nSPS) is 16.8. The zero-order valence-corrected chi connectivity index (χ0v) is 14.8. The molecule has 1 aromatic heterocycles. The second kappa shape index (κ2) is 7.61. The number of aliphatic carboxylic acids is 1. The van der Waals surface area contributed by atoms with Gasteiger partial charge in [0.25, 0.3) is 0 Å². The molecule has 0 saturated heterocycles. The smallest absolute Gasteiger partial charge is 0.303 e. The minimum Gasteiger partial charge on any atom is -0.481 e. The quantitative estimate of drug-likeness (QED) is 0.854. The van der Waals surface area contributed by atoms with Crippen LogP contribution in [0.15, 0.2) is 46.9 Å². The maximum absolute atomic E-state index is 12.5. The first-order valence-corrected chi connectivity index (χ1v) is 9.20. The van der Waals surface area contributed by atoms with E-state index in [0.29, 0.717) is 6.42 Å². The van der Waals surface area contributed by atoms with E-state index in [0.717, 1.165) is 22.6 Å². The Morgan fingerprint density at radius 1 is 1.24 bits per heavy atom. The van der Waals surface area contributed by atoms with Gasteiger partial charge in [0.1, 0.15) is 0 Å². The molecular weight excluding hydrogens is 336 g/mol. The second-order valence-electron chi connectivity index (χ2n) is 5.96. The van der Waals surface area contributed by atoms with Crippen molar-refractivity contribution in [1.82, 2.24) is 5.01 Å². The maximum Gasteiger partial charge on any atom is 0.303 e. The van der Waals surface area contributed by atoms with E-state index in [1.165, 1.54) is 10.6 Å². The number of hydrazone groups is 1. The van der Waals surface area contributed by atoms with Crippen LogP contribution in [0.3, 0.4) is 0 Å². The molecule has 2 aromatic rings. The molecule has 1 atom stereocenters. The standard InChI is InChI=1S/C19H20N2O3S/c1-2-13-5-7-14(8-6-13)15-12-16(17-4-3-11-25-17)21(20-15)18(22)9-10-19(23)24/h3-8,11,16H,2,9-10,12H2,1H3,(H,23,24)/t16-/m0/s1. The summed E-state index contributed by atoms with van der Waals surface area (Å²) in [5, 5.41) is 16.8. The Balaban J connectivity index is 1.85. The maximum atomic E-state index is 12.5. The van der Waals surface area contributed by atoms with Gasteiger partial charge in [0, 0.05) is 17.7 Å². The zero-order chi connectivity index (χ0) is 17.8. The van der Waals surface area contributed by atoms with Crippen molar-refractivity contribution in [3.05, 3.63) is 57.8 Å². The number of rotatable bonds is 6. The lowest BCUT2D eigenvalue weighted by molar-refractivity contribution is -0.141. The number of thiophene rings is 1. The molecule has 5 nitrogen and oxygen atoms in total. The van der Waals surface area contributed by atoms with Crippen LogP contribution in [0.1, 0.15) is 48.2 Å². The first kappa shape index (κ1) is 17.4. The molecule has 130 valence electrons. The van der Waals surface area contributed by atoms with Gasteiger partial charge < -0.3 is 5.11 Å². The van der Waals surface area contributed by atoms with E-state index in [1.54, 1.807) is 11.3 Å². The highest BCUT2D eigenvalue weighted by Crippen LogP contribution is 2.35. The molecule has 0 fully saturated rings. The number of nitrogens with zero attached hydrogens (tertiary/aromatic N) is 2. The fourth-order valence-corrected chi connectivity index (χ4v) is 3.69. The molecule has 3 rings (SSSR count). The highest BCUT2D eigenvalue weighted by Gasteiger charge is 2.33. The van der Waals surface area contributed by atoms with Crippen LogP contribution in [-0.4, -0.2) is 27.7 Å². The number of amides is 1. The van der Waals surface area contributed by atoms with Gasteiger partial charge in [0.2, 0.25) is 5.91 Å². The first-order valence-electron chi connectivity index (χ1n) is 8.32. The van der Waals surface area contributed by atoms with Crippen molar-refractivity contribution in [2.45, 2.75) is 38.6 Å². The summed E-state index contributed by atoms with van der Waals surface area (Å²) in [5.41, 5.74) is 3.13. The minimum absolute atomic E-state index is 0.0389. The van der Waals surface area contributed by atoms with Gasteiger partial charge in [-0.3, -0.25) is 9.59 Å². The highest BCUT2D eigenvalue weighted by atomic mass is 32.1. The van der Waals surface area contributed by atoms with E-state index >= 15 is 0 Å². The van der Waals surface area contributed by atoms with E-state index in [4.69, 9.17) is 5.11 Å². The second-order valence-corrected chi connectivity index (χ2v) is 6.94. The average molecular weight is 356 g/mol. The molecule has 1 amide bonds. The number of hydrogen-bond acceptors (Lipinski definition) is 4. The van der Waals surface area contributed by atoms with Crippen LogP contribution < -0.4 is 0 Å². The number of carbonyl (C=O) groups is 2. The van der Waals surface area contributed by atoms with Crippen LogP contribution in [0.5, 0.6) is 0 Å². The van der Waals surface area contributed by atoms with Gasteiger partial charge >= 0.3 is 5.97 Å². The third-order valence-electron chi connectivity index (χ3n) is 4.29. The molecule has 1 aromatic carbocycles. The molecule has 0 aliphatic carbocycles. The molecule has 25 heavy (non-hydrogen) atoms. The van der Waals surface area contributed by atoms with Crippen LogP contribution in [0.4, 0.5) is 0 Å². The van der Waals surface area contributed by atoms with Crippen molar-refractivity contribution in [2.75, 3.05) is 0 Å². The van der Waals surface area contributed by atoms with Gasteiger partial charge in [0.05, 0.1) is 18.2 Å². The lowest BCUT2D eigenvalue weighted by Gasteiger charge is -2.20. The Hall–Kier alpha value is -2.47. The van der Waals surface area contributed by atoms with E-state index in [9.17, 15) is 9.59 Å². The topological polar surface area (TPSA) is 70.0 Å². The van der Waals surface area contributed by atoms with Gasteiger partial charge in [-0.1, -0.05) is 37.3 Å². The minimum atomic E-state index is -0.973. The van der Waals surface area contributed by atoms with Crippen molar-refractivity contribution in [3.63, 3.8) is 0 Å². The van der Waals surface area contributed by atoms with Gasteiger partial charge in [-0.05, 0) is 29.0 Å². The number of carboxylic acid groups (broad SMARTS) is 1. The Kier molecular flexibility index (Phi) is 5.28. The number of benzene rings is 1. The van der Waals surface area contributed by atoms with Crippen molar-refractivity contribution in [2.24, 2.45) is 5.10 Å². The summed E-state index contributed by atoms with van der Waals surface area (Å²) in [5.74, 6) is -1.22. The van der Waals surface area contributed by atoms with Crippen molar-refractivity contribution >= 4 is 28.9 Å². The van der Waals surface area contributed by atoms with Gasteiger partial charge in [0.15, 0.2) is 0 Å². The summed E-state index contributed by atoms with van der Waals surface area (Å²) in [6, 6.07) is 12.0. The number of hydrogen-bond donors (Lipinski definition) is 1. The zero-order valence-electron chi connectivity index (χ0n) is 14.0. The summed E-state index contributed by atoms with van der Waals surface area (Å²) < 4.78 is 0. The summed E-state index contributed by atoms with van der Waals surface area (Å²) >= 11 is 1.59. The predicted molar refractivity (Wildman–Crippen MR) is 97.7 cm³/mol. The molecule has 0 radical (unpaired) electrons. The predicted octanol–water partition coefficient (Wildman–Crippen LogP) is 3.85. The summed E-state index contributed by atoms with van der Waals surface area (Å²) in [6.45, 7) is 2.11. The van der Waals surface area contributed by atoms with Crippen molar-refractivity contribution in [3.8, 4) is 0 Å². The monoisotopic (exact) mass is 356 g/mol. The fraction of sp³-hybridized carbons (Fsp3) is 0.316. The molecule has 0 spiro atoms. The van der Waals surface area contributed by atoms with Gasteiger partial charge in [-0.25, -0.2) is 5.01 Å². The molecule has 2 heterocycles. The SMILES string of the molecule is CCc1ccc(C2=NN(C(=O)CCC(=O)O)[C@H](c3cccs3)C2)cc1. The molecular formula is C19H20N2O3S. The summed E-state index contributed by atoms with van der Waals surface area (Å²) in [7, 11) is 0. The number of aryl methyl sites for hydroxylation is 1. The average Bonchev–Trinajstić information content (AvgIpc) is 3.29. The van der Waals surface area contributed by atoms with E-state index < -0.39 is 5.97 Å². The molecule has 1 N–H and O–H groups in total. The molecule has 0 unspecified atom stereocenters. The van der Waals surface area contributed by atoms with E-state index in [1.807, 2.05) is 29.6 Å². The van der Waals surface area contributed by atoms with Crippen LogP contribution in [0.2, 0.25) is 0 Å². The van der Waals surface area contributed by atoms with E-state index in [2.05, 4.69) is 24.2 Å². The highest BCUT2D eigenvalue weighted by molar-refractivity contribution is 7.10. The van der Waals surface area contributed by atoms with Crippen LogP contribution >= 0.6 is 11.3 Å². The van der Waals surface area contributed by atoms with E-state index in [-0.39, 0.29) is 24.8 Å². The molecule has 1 aliphatic heterocycles. The Morgan fingerprint density at radius 2 is 2.00 bits per heavy atom. The van der Waals surface area contributed by atoms with Crippen molar-refractivity contribution < 1.29 is 14.7 Å². The van der Waals surface area contributed by atoms with Gasteiger partial charge in [-0.15, -0.1) is 11.3 Å². The third kappa shape index (κ3) is 3.96. The van der Waals surface area contributed by atoms with Crippen molar-refractivity contribution in [1.29, 1.82) is 0 Å². The lowest BCUT2D eigenvalue weighted by Crippen LogP contribution is -2.26. The molecule has 1 aliphatic rings. The first-order chi connectivity index (χ1) is 12.1. The Morgan fingerprint density at radius 3 is 2.60 bits per heavy atom. The third-order valence-corrected chi connectivity index (χ3v) is 5.26. The largest absolute Gasteiger partial charge is 0.481 e.